The zero-order valence-electron chi connectivity index (χ0n) is 31.1. The fraction of sp³-hybridized carbons (Fsp3) is 0.629. The molecule has 0 radical (unpaired) electrons. The number of amides is 4. The molecule has 0 aromatic carbocycles. The normalized spacial score (nSPS) is 27.8. The number of halogens is 2. The van der Waals surface area contributed by atoms with Crippen LogP contribution in [-0.4, -0.2) is 139 Å². The molecule has 21 heteroatoms. The van der Waals surface area contributed by atoms with Crippen LogP contribution in [0.5, 0.6) is 0 Å². The van der Waals surface area contributed by atoms with Gasteiger partial charge >= 0.3 is 6.03 Å². The molecular weight excluding hydrogens is 767 g/mol. The Labute approximate surface area is 332 Å². The first-order valence-electron chi connectivity index (χ1n) is 19.3. The summed E-state index contributed by atoms with van der Waals surface area (Å²) in [6.45, 7) is 5.59. The Morgan fingerprint density at radius 1 is 0.714 bits per heavy atom. The van der Waals surface area contributed by atoms with E-state index in [-0.39, 0.29) is 65.4 Å². The summed E-state index contributed by atoms with van der Waals surface area (Å²) in [7, 11) is 0. The van der Waals surface area contributed by atoms with Gasteiger partial charge in [-0.25, -0.2) is 14.8 Å². The summed E-state index contributed by atoms with van der Waals surface area (Å²) in [4.78, 5) is 68.3. The van der Waals surface area contributed by atoms with Crippen LogP contribution in [0.3, 0.4) is 0 Å². The fourth-order valence-corrected chi connectivity index (χ4v) is 8.92. The highest BCUT2D eigenvalue weighted by Crippen LogP contribution is 2.36. The third kappa shape index (κ3) is 7.48. The van der Waals surface area contributed by atoms with Crippen molar-refractivity contribution in [1.82, 2.24) is 59.5 Å². The highest BCUT2D eigenvalue weighted by Gasteiger charge is 2.44. The van der Waals surface area contributed by atoms with E-state index in [0.717, 1.165) is 19.3 Å². The first-order chi connectivity index (χ1) is 27.0. The molecule has 2 aliphatic carbocycles. The number of carbonyl (C=O) groups is 3. The molecular formula is C35H46Cl2N14O5. The van der Waals surface area contributed by atoms with E-state index in [1.807, 2.05) is 21.3 Å². The van der Waals surface area contributed by atoms with Gasteiger partial charge in [-0.2, -0.15) is 19.9 Å². The number of fused-ring (bicyclic) bond motifs is 2. The van der Waals surface area contributed by atoms with E-state index in [2.05, 4.69) is 51.2 Å². The zero-order valence-corrected chi connectivity index (χ0v) is 32.6. The monoisotopic (exact) mass is 812 g/mol. The molecule has 19 nitrogen and oxygen atoms in total. The largest absolute Gasteiger partial charge is 0.388 e. The Balaban J connectivity index is 0.886. The van der Waals surface area contributed by atoms with Gasteiger partial charge in [-0.15, -0.1) is 0 Å². The number of nitrogens with one attached hydrogen (secondary N) is 4. The maximum Gasteiger partial charge on any atom is 0.320 e. The molecule has 4 aromatic rings. The van der Waals surface area contributed by atoms with Gasteiger partial charge < -0.3 is 50.4 Å². The van der Waals surface area contributed by atoms with E-state index < -0.39 is 24.3 Å². The van der Waals surface area contributed by atoms with Gasteiger partial charge in [0.1, 0.15) is 12.2 Å². The molecule has 4 aromatic heterocycles. The number of anilines is 2. The number of aromatic nitrogens is 8. The number of carbonyl (C=O) groups excluding carboxylic acids is 3. The molecule has 4 fully saturated rings. The van der Waals surface area contributed by atoms with E-state index in [0.29, 0.717) is 79.4 Å². The van der Waals surface area contributed by atoms with Crippen molar-refractivity contribution in [2.45, 2.75) is 114 Å². The summed E-state index contributed by atoms with van der Waals surface area (Å²) in [5, 5.41) is 34.4. The number of hydrogen-bond acceptors (Lipinski definition) is 13. The third-order valence-corrected chi connectivity index (χ3v) is 11.9. The first-order valence-corrected chi connectivity index (χ1v) is 20.1. The van der Waals surface area contributed by atoms with Gasteiger partial charge in [-0.05, 0) is 61.7 Å². The average Bonchev–Trinajstić information content (AvgIpc) is 4.04. The lowest BCUT2D eigenvalue weighted by Crippen LogP contribution is -2.42. The van der Waals surface area contributed by atoms with E-state index >= 15 is 0 Å². The molecule has 6 heterocycles. The predicted molar refractivity (Wildman–Crippen MR) is 206 cm³/mol. The molecule has 4 amide bonds. The molecule has 0 spiro atoms. The number of rotatable bonds is 10. The highest BCUT2D eigenvalue weighted by molar-refractivity contribution is 6.29. The Bertz CT molecular complexity index is 2130. The number of aliphatic hydroxyl groups is 2. The average molecular weight is 814 g/mol. The molecule has 6 N–H and O–H groups in total. The first kappa shape index (κ1) is 38.3. The van der Waals surface area contributed by atoms with Crippen LogP contribution in [0.25, 0.3) is 22.3 Å². The van der Waals surface area contributed by atoms with Crippen molar-refractivity contribution in [2.24, 2.45) is 0 Å². The quantitative estimate of drug-likeness (QED) is 0.126. The minimum atomic E-state index is -1.16. The van der Waals surface area contributed by atoms with E-state index in [1.54, 1.807) is 17.8 Å². The molecule has 2 saturated heterocycles. The maximum atomic E-state index is 13.7. The summed E-state index contributed by atoms with van der Waals surface area (Å²) < 4.78 is 3.69. The lowest BCUT2D eigenvalue weighted by molar-refractivity contribution is -0.122. The molecule has 8 atom stereocenters. The summed E-state index contributed by atoms with van der Waals surface area (Å²) >= 11 is 12.8. The predicted octanol–water partition coefficient (Wildman–Crippen LogP) is 2.25. The van der Waals surface area contributed by atoms with Gasteiger partial charge in [0, 0.05) is 63.2 Å². The van der Waals surface area contributed by atoms with Crippen molar-refractivity contribution in [1.29, 1.82) is 0 Å². The number of nitrogens with zero attached hydrogens (tertiary/aromatic N) is 10. The van der Waals surface area contributed by atoms with Crippen LogP contribution in [-0.2, 0) is 9.59 Å². The minimum absolute atomic E-state index is 0.0225. The SMILES string of the molecule is CCC(=O)N[C@@H]1CC[C@H](n2cnc3c(N[C@@H]4CCN(C(=O)N5CC[C@@H](Nc6nc(Cl)nc7c6ncn7[C@@H]6C[C@H](NC(=O)CC)[C@@H](O)[C@H]6O)C5)C4)nc(Cl)nc32)C1. The molecule has 300 valence electrons. The number of urea groups is 1. The summed E-state index contributed by atoms with van der Waals surface area (Å²) in [6.07, 6.45) is 5.91. The van der Waals surface area contributed by atoms with Crippen molar-refractivity contribution >= 4 is 75.0 Å². The Morgan fingerprint density at radius 2 is 1.27 bits per heavy atom. The standard InChI is InChI=1S/C35H46Cl2N14O5/c1-3-23(52)40-17-5-6-20(11-17)50-15-38-25-29(44-33(36)46-31(25)50)41-18-7-9-48(13-18)35(56)49-10-8-19(14-49)42-30-26-32(47-34(37)45-30)51(16-39-26)22-12-21(27(54)28(22)55)43-24(53)4-2/h15-22,27-28,54-55H,3-14H2,1-2H3,(H,40,52)(H,43,53)(H,41,44,46)(H,42,45,47)/t17-,18-,19-,20+,21+,22-,27-,28+/m1/s1. The van der Waals surface area contributed by atoms with Crippen LogP contribution in [0.1, 0.15) is 77.3 Å². The number of imidazole rings is 2. The van der Waals surface area contributed by atoms with Crippen LogP contribution >= 0.6 is 23.2 Å². The molecule has 2 aliphatic heterocycles. The van der Waals surface area contributed by atoms with Crippen molar-refractivity contribution < 1.29 is 24.6 Å². The summed E-state index contributed by atoms with van der Waals surface area (Å²) in [5.74, 6) is 0.761. The van der Waals surface area contributed by atoms with E-state index in [1.165, 1.54) is 6.33 Å². The van der Waals surface area contributed by atoms with Crippen molar-refractivity contribution in [3.8, 4) is 0 Å². The lowest BCUT2D eigenvalue weighted by Gasteiger charge is -2.25. The Morgan fingerprint density at radius 3 is 1.86 bits per heavy atom. The van der Waals surface area contributed by atoms with Crippen LogP contribution in [0.4, 0.5) is 16.4 Å². The van der Waals surface area contributed by atoms with Gasteiger partial charge in [-0.3, -0.25) is 9.59 Å². The van der Waals surface area contributed by atoms with Crippen LogP contribution in [0.2, 0.25) is 10.6 Å². The molecule has 0 unspecified atom stereocenters. The lowest BCUT2D eigenvalue weighted by atomic mass is 10.2. The van der Waals surface area contributed by atoms with Gasteiger partial charge in [-0.1, -0.05) is 13.8 Å². The van der Waals surface area contributed by atoms with Gasteiger partial charge in [0.25, 0.3) is 0 Å². The van der Waals surface area contributed by atoms with Gasteiger partial charge in [0.2, 0.25) is 22.4 Å². The molecule has 8 rings (SSSR count). The number of hydrogen-bond donors (Lipinski definition) is 6. The summed E-state index contributed by atoms with van der Waals surface area (Å²) in [5.41, 5.74) is 2.06. The summed E-state index contributed by atoms with van der Waals surface area (Å²) in [6, 6.07) is -1.25. The second-order valence-electron chi connectivity index (χ2n) is 15.2. The third-order valence-electron chi connectivity index (χ3n) is 11.5. The molecule has 2 saturated carbocycles. The Kier molecular flexibility index (Phi) is 10.8. The molecule has 56 heavy (non-hydrogen) atoms. The van der Waals surface area contributed by atoms with Crippen LogP contribution in [0, 0.1) is 0 Å². The minimum Gasteiger partial charge on any atom is -0.388 e. The van der Waals surface area contributed by atoms with Crippen molar-refractivity contribution in [3.05, 3.63) is 23.2 Å². The smallest absolute Gasteiger partial charge is 0.320 e. The second kappa shape index (κ2) is 15.7. The number of aliphatic hydroxyl groups excluding tert-OH is 2. The maximum absolute atomic E-state index is 13.7. The van der Waals surface area contributed by atoms with Crippen LogP contribution < -0.4 is 21.3 Å². The highest BCUT2D eigenvalue weighted by atomic mass is 35.5. The van der Waals surface area contributed by atoms with E-state index in [9.17, 15) is 24.6 Å². The van der Waals surface area contributed by atoms with Crippen LogP contribution in [0.15, 0.2) is 12.7 Å². The van der Waals surface area contributed by atoms with E-state index in [4.69, 9.17) is 23.2 Å². The molecule has 0 bridgehead atoms. The Hall–Kier alpha value is -4.59. The van der Waals surface area contributed by atoms with Crippen molar-refractivity contribution in [2.75, 3.05) is 36.8 Å². The second-order valence-corrected chi connectivity index (χ2v) is 15.8. The van der Waals surface area contributed by atoms with Gasteiger partial charge in [0.05, 0.1) is 24.7 Å². The molecule has 4 aliphatic rings. The topological polar surface area (TPSA) is 233 Å². The fourth-order valence-electron chi connectivity index (χ4n) is 8.59. The van der Waals surface area contributed by atoms with Crippen molar-refractivity contribution in [3.63, 3.8) is 0 Å². The van der Waals surface area contributed by atoms with Gasteiger partial charge in [0.15, 0.2) is 34.0 Å². The zero-order chi connectivity index (χ0) is 39.2. The number of likely N-dealkylation sites (tertiary alicyclic amines) is 2.